The Hall–Kier alpha value is -0.967. The van der Waals surface area contributed by atoms with E-state index in [1.807, 2.05) is 0 Å². The number of hydrogen-bond donors (Lipinski definition) is 0. The summed E-state index contributed by atoms with van der Waals surface area (Å²) in [6.07, 6.45) is 0. The summed E-state index contributed by atoms with van der Waals surface area (Å²) in [6, 6.07) is 17.4. The van der Waals surface area contributed by atoms with Gasteiger partial charge in [0.1, 0.15) is 0 Å². The Morgan fingerprint density at radius 2 is 1.07 bits per heavy atom. The molecule has 154 valence electrons. The van der Waals surface area contributed by atoms with E-state index in [0.29, 0.717) is 0 Å². The zero-order valence-corrected chi connectivity index (χ0v) is 20.1. The van der Waals surface area contributed by atoms with Gasteiger partial charge < -0.3 is 0 Å². The molecule has 0 unspecified atom stereocenters. The molecule has 1 aliphatic rings. The van der Waals surface area contributed by atoms with E-state index >= 15 is 0 Å². The van der Waals surface area contributed by atoms with E-state index in [9.17, 15) is 0 Å². The fourth-order valence-corrected chi connectivity index (χ4v) is 6.81. The van der Waals surface area contributed by atoms with Gasteiger partial charge in [-0.15, -0.1) is 0 Å². The first-order chi connectivity index (χ1) is 13.3. The van der Waals surface area contributed by atoms with Crippen LogP contribution >= 0.6 is 19.4 Å². The summed E-state index contributed by atoms with van der Waals surface area (Å²) in [4.78, 5) is 8.94. The van der Waals surface area contributed by atoms with E-state index in [2.05, 4.69) is 96.3 Å². The van der Waals surface area contributed by atoms with Crippen LogP contribution in [0, 0.1) is 0 Å². The third-order valence-electron chi connectivity index (χ3n) is 4.92. The molecule has 7 heteroatoms. The molecular formula is C21H28Cl2N4Ru. The second-order valence-corrected chi connectivity index (χ2v) is 13.1. The van der Waals surface area contributed by atoms with Gasteiger partial charge in [-0.05, 0) is 0 Å². The quantitative estimate of drug-likeness (QED) is 0.544. The van der Waals surface area contributed by atoms with E-state index in [0.717, 1.165) is 30.5 Å². The van der Waals surface area contributed by atoms with Crippen molar-refractivity contribution in [3.05, 3.63) is 59.7 Å². The Bertz CT molecular complexity index is 752. The van der Waals surface area contributed by atoms with Gasteiger partial charge in [0.25, 0.3) is 0 Å². The molecule has 0 saturated carbocycles. The van der Waals surface area contributed by atoms with Gasteiger partial charge in [-0.25, -0.2) is 0 Å². The molecule has 4 nitrogen and oxygen atoms in total. The molecule has 28 heavy (non-hydrogen) atoms. The second-order valence-electron chi connectivity index (χ2n) is 7.41. The first-order valence-electron chi connectivity index (χ1n) is 9.24. The van der Waals surface area contributed by atoms with Crippen molar-refractivity contribution in [1.29, 1.82) is 0 Å². The molecule has 3 rings (SSSR count). The van der Waals surface area contributed by atoms with E-state index in [1.165, 1.54) is 22.5 Å². The Labute approximate surface area is 181 Å². The van der Waals surface area contributed by atoms with Gasteiger partial charge in [-0.3, -0.25) is 0 Å². The van der Waals surface area contributed by atoms with Gasteiger partial charge in [0.05, 0.1) is 0 Å². The van der Waals surface area contributed by atoms with E-state index in [4.69, 9.17) is 19.4 Å². The van der Waals surface area contributed by atoms with Gasteiger partial charge in [-0.1, -0.05) is 0 Å². The molecular weight excluding hydrogens is 480 g/mol. The topological polar surface area (TPSA) is 13.0 Å². The molecule has 1 saturated heterocycles. The molecule has 0 amide bonds. The Morgan fingerprint density at radius 1 is 0.714 bits per heavy atom. The van der Waals surface area contributed by atoms with E-state index in [1.54, 1.807) is 0 Å². The summed E-state index contributed by atoms with van der Waals surface area (Å²) >= 11 is -2.02. The summed E-state index contributed by atoms with van der Waals surface area (Å²) in [5, 5.41) is 0. The van der Waals surface area contributed by atoms with Crippen molar-refractivity contribution in [3.63, 3.8) is 0 Å². The van der Waals surface area contributed by atoms with Crippen molar-refractivity contribution in [3.8, 4) is 0 Å². The summed E-state index contributed by atoms with van der Waals surface area (Å²) in [5.41, 5.74) is 4.98. The molecule has 0 spiro atoms. The number of halogens is 2. The molecule has 0 aliphatic carbocycles. The van der Waals surface area contributed by atoms with E-state index < -0.39 is 13.5 Å². The third kappa shape index (κ3) is 5.34. The van der Waals surface area contributed by atoms with E-state index in [-0.39, 0.29) is 0 Å². The van der Waals surface area contributed by atoms with Gasteiger partial charge in [0, 0.05) is 0 Å². The average molecular weight is 508 g/mol. The molecule has 0 aromatic heterocycles. The van der Waals surface area contributed by atoms with Crippen LogP contribution in [0.1, 0.15) is 11.1 Å². The van der Waals surface area contributed by atoms with Crippen LogP contribution in [0.4, 0.5) is 11.4 Å². The zero-order chi connectivity index (χ0) is 20.3. The van der Waals surface area contributed by atoms with Crippen molar-refractivity contribution in [2.24, 2.45) is 0 Å². The van der Waals surface area contributed by atoms with Crippen LogP contribution in [0.3, 0.4) is 0 Å². The van der Waals surface area contributed by atoms with Gasteiger partial charge in [0.15, 0.2) is 0 Å². The third-order valence-corrected chi connectivity index (χ3v) is 8.02. The predicted molar refractivity (Wildman–Crippen MR) is 119 cm³/mol. The summed E-state index contributed by atoms with van der Waals surface area (Å²) in [5.74, 6) is 0. The predicted octanol–water partition coefficient (Wildman–Crippen LogP) is 4.15. The van der Waals surface area contributed by atoms with Gasteiger partial charge >= 0.3 is 182 Å². The van der Waals surface area contributed by atoms with Crippen LogP contribution in [0.25, 0.3) is 0 Å². The fourth-order valence-electron chi connectivity index (χ4n) is 3.31. The maximum absolute atomic E-state index is 6.51. The minimum atomic E-state index is -2.02. The van der Waals surface area contributed by atoms with Crippen LogP contribution in [0.2, 0.25) is 0 Å². The average Bonchev–Trinajstić information content (AvgIpc) is 3.05. The van der Waals surface area contributed by atoms with Crippen LogP contribution in [0.15, 0.2) is 48.5 Å². The number of benzene rings is 2. The number of hydrogen-bond acceptors (Lipinski definition) is 4. The molecule has 1 fully saturated rings. The van der Waals surface area contributed by atoms with Gasteiger partial charge in [0.2, 0.25) is 0 Å². The Kier molecular flexibility index (Phi) is 7.52. The standard InChI is InChI=1S/C21H28N4.2ClH.Ru/c1-22(2)20-9-5-18(6-10-20)15-24-13-14-25(17-24)16-19-7-11-21(12-8-19)23(3)4;;;/h5-12H,13-16H2,1-4H3;2*1H;/q;;;+2/p-2. The summed E-state index contributed by atoms with van der Waals surface area (Å²) in [7, 11) is 21.3. The number of nitrogens with zero attached hydrogens (tertiary/aromatic N) is 4. The monoisotopic (exact) mass is 508 g/mol. The Morgan fingerprint density at radius 3 is 1.36 bits per heavy atom. The van der Waals surface area contributed by atoms with Crippen molar-refractivity contribution >= 4 is 35.1 Å². The molecule has 0 N–H and O–H groups in total. The van der Waals surface area contributed by atoms with Crippen molar-refractivity contribution in [1.82, 2.24) is 9.80 Å². The normalized spacial score (nSPS) is 15.8. The zero-order valence-electron chi connectivity index (χ0n) is 16.8. The van der Waals surface area contributed by atoms with Crippen LogP contribution in [0.5, 0.6) is 0 Å². The molecule has 2 aromatic rings. The summed E-state index contributed by atoms with van der Waals surface area (Å²) in [6.45, 7) is 3.63. The Balaban J connectivity index is 1.70. The summed E-state index contributed by atoms with van der Waals surface area (Å²) < 4.78 is 1.14. The van der Waals surface area contributed by atoms with Gasteiger partial charge in [-0.2, -0.15) is 0 Å². The molecule has 2 aromatic carbocycles. The number of rotatable bonds is 6. The van der Waals surface area contributed by atoms with Crippen LogP contribution in [-0.2, 0) is 26.6 Å². The SMILES string of the molecule is CN(C)c1ccc(CN2CCN(Cc3ccc(N(C)C)cc3)[C]2=[Ru]([Cl])[Cl])cc1. The van der Waals surface area contributed by atoms with Crippen LogP contribution < -0.4 is 9.80 Å². The first-order valence-corrected chi connectivity index (χ1v) is 14.6. The van der Waals surface area contributed by atoms with Crippen molar-refractivity contribution in [2.45, 2.75) is 13.1 Å². The molecule has 0 bridgehead atoms. The second kappa shape index (κ2) is 9.69. The number of anilines is 2. The maximum atomic E-state index is 6.51. The van der Waals surface area contributed by atoms with Crippen molar-refractivity contribution < 1.29 is 13.5 Å². The van der Waals surface area contributed by atoms with Crippen molar-refractivity contribution in [2.75, 3.05) is 51.1 Å². The van der Waals surface area contributed by atoms with Crippen LogP contribution in [-0.4, -0.2) is 55.4 Å². The first kappa shape index (κ1) is 21.7. The molecule has 0 atom stereocenters. The molecule has 0 radical (unpaired) electrons. The fraction of sp³-hybridized carbons (Fsp3) is 0.381. The molecule has 1 heterocycles. The molecule has 1 aliphatic heterocycles. The minimum absolute atomic E-state index is 0.850.